The molecule has 1 aromatic rings. The van der Waals surface area contributed by atoms with Gasteiger partial charge in [-0.3, -0.25) is 0 Å². The minimum absolute atomic E-state index is 0.391. The number of nitrogens with one attached hydrogen (secondary N) is 1. The molecule has 0 aliphatic heterocycles. The lowest BCUT2D eigenvalue weighted by Gasteiger charge is -2.10. The van der Waals surface area contributed by atoms with E-state index in [9.17, 15) is 0 Å². The first-order chi connectivity index (χ1) is 6.72. The normalized spacial score (nSPS) is 12.8. The lowest BCUT2D eigenvalue weighted by atomic mass is 10.1. The predicted molar refractivity (Wildman–Crippen MR) is 61.7 cm³/mol. The van der Waals surface area contributed by atoms with E-state index in [1.807, 2.05) is 12.1 Å². The second-order valence-corrected chi connectivity index (χ2v) is 3.90. The van der Waals surface area contributed by atoms with Gasteiger partial charge in [-0.05, 0) is 37.6 Å². The van der Waals surface area contributed by atoms with Crippen LogP contribution in [0.1, 0.15) is 12.5 Å². The Hall–Kier alpha value is -0.570. The van der Waals surface area contributed by atoms with Gasteiger partial charge in [0.1, 0.15) is 0 Å². The van der Waals surface area contributed by atoms with Crippen LogP contribution < -0.4 is 11.1 Å². The maximum Gasteiger partial charge on any atom is 0.0406 e. The van der Waals surface area contributed by atoms with E-state index >= 15 is 0 Å². The average molecular weight is 213 g/mol. The van der Waals surface area contributed by atoms with E-state index in [0.717, 1.165) is 18.0 Å². The van der Waals surface area contributed by atoms with Crippen molar-refractivity contribution in [3.05, 3.63) is 34.9 Å². The van der Waals surface area contributed by atoms with Gasteiger partial charge in [-0.25, -0.2) is 0 Å². The Balaban J connectivity index is 2.28. The topological polar surface area (TPSA) is 38.0 Å². The molecule has 0 fully saturated rings. The summed E-state index contributed by atoms with van der Waals surface area (Å²) in [6.07, 6.45) is 1.02. The minimum atomic E-state index is 0.391. The summed E-state index contributed by atoms with van der Waals surface area (Å²) < 4.78 is 0. The van der Waals surface area contributed by atoms with Crippen LogP contribution in [0.15, 0.2) is 24.3 Å². The highest BCUT2D eigenvalue weighted by Gasteiger charge is 1.97. The van der Waals surface area contributed by atoms with Crippen LogP contribution in [0, 0.1) is 0 Å². The number of hydrogen-bond donors (Lipinski definition) is 2. The summed E-state index contributed by atoms with van der Waals surface area (Å²) in [7, 11) is 0. The molecular weight excluding hydrogens is 196 g/mol. The molecule has 1 rings (SSSR count). The van der Waals surface area contributed by atoms with E-state index in [1.54, 1.807) is 0 Å². The highest BCUT2D eigenvalue weighted by Crippen LogP contribution is 2.09. The van der Waals surface area contributed by atoms with Gasteiger partial charge in [0.25, 0.3) is 0 Å². The molecule has 0 aliphatic rings. The zero-order valence-electron chi connectivity index (χ0n) is 8.46. The van der Waals surface area contributed by atoms with Crippen LogP contribution >= 0.6 is 11.6 Å². The fourth-order valence-electron chi connectivity index (χ4n) is 1.20. The minimum Gasteiger partial charge on any atom is -0.329 e. The van der Waals surface area contributed by atoms with E-state index in [2.05, 4.69) is 24.4 Å². The second-order valence-electron chi connectivity index (χ2n) is 3.47. The molecule has 3 N–H and O–H groups in total. The van der Waals surface area contributed by atoms with Gasteiger partial charge in [0.15, 0.2) is 0 Å². The zero-order chi connectivity index (χ0) is 10.4. The van der Waals surface area contributed by atoms with Crippen LogP contribution in [0.25, 0.3) is 0 Å². The molecule has 14 heavy (non-hydrogen) atoms. The molecule has 1 atom stereocenters. The van der Waals surface area contributed by atoms with Gasteiger partial charge in [0.2, 0.25) is 0 Å². The molecule has 78 valence electrons. The van der Waals surface area contributed by atoms with Crippen LogP contribution in [0.3, 0.4) is 0 Å². The highest BCUT2D eigenvalue weighted by molar-refractivity contribution is 6.30. The molecule has 0 aliphatic carbocycles. The van der Waals surface area contributed by atoms with Crippen molar-refractivity contribution < 1.29 is 0 Å². The maximum atomic E-state index is 5.79. The molecular formula is C11H17ClN2. The summed E-state index contributed by atoms with van der Waals surface area (Å²) in [4.78, 5) is 0. The van der Waals surface area contributed by atoms with E-state index in [0.29, 0.717) is 12.6 Å². The van der Waals surface area contributed by atoms with Crippen LogP contribution in [-0.2, 0) is 6.42 Å². The Bertz CT molecular complexity index is 258. The number of nitrogens with two attached hydrogens (primary N) is 1. The number of rotatable bonds is 5. The molecule has 0 bridgehead atoms. The smallest absolute Gasteiger partial charge is 0.0406 e. The fourth-order valence-corrected chi connectivity index (χ4v) is 1.32. The van der Waals surface area contributed by atoms with Crippen molar-refractivity contribution in [1.82, 2.24) is 5.32 Å². The standard InChI is InChI=1S/C11H17ClN2/c1-9(8-13)14-7-6-10-2-4-11(12)5-3-10/h2-5,9,14H,6-8,13H2,1H3/t9-/m1/s1. The molecule has 0 spiro atoms. The molecule has 0 radical (unpaired) electrons. The van der Waals surface area contributed by atoms with Gasteiger partial charge in [-0.15, -0.1) is 0 Å². The van der Waals surface area contributed by atoms with Gasteiger partial charge in [-0.1, -0.05) is 23.7 Å². The van der Waals surface area contributed by atoms with Crippen molar-refractivity contribution in [3.63, 3.8) is 0 Å². The quantitative estimate of drug-likeness (QED) is 0.782. The van der Waals surface area contributed by atoms with Crippen molar-refractivity contribution in [2.45, 2.75) is 19.4 Å². The van der Waals surface area contributed by atoms with Crippen LogP contribution in [0.5, 0.6) is 0 Å². The van der Waals surface area contributed by atoms with Gasteiger partial charge in [0.05, 0.1) is 0 Å². The summed E-state index contributed by atoms with van der Waals surface area (Å²) in [5.41, 5.74) is 6.79. The summed E-state index contributed by atoms with van der Waals surface area (Å²) in [5.74, 6) is 0. The number of benzene rings is 1. The van der Waals surface area contributed by atoms with E-state index < -0.39 is 0 Å². The molecule has 2 nitrogen and oxygen atoms in total. The molecule has 1 aromatic carbocycles. The Kier molecular flexibility index (Phi) is 4.94. The van der Waals surface area contributed by atoms with Crippen molar-refractivity contribution in [1.29, 1.82) is 0 Å². The molecule has 0 unspecified atom stereocenters. The summed E-state index contributed by atoms with van der Waals surface area (Å²) in [6.45, 7) is 3.72. The van der Waals surface area contributed by atoms with Crippen LogP contribution in [0.4, 0.5) is 0 Å². The van der Waals surface area contributed by atoms with Gasteiger partial charge in [-0.2, -0.15) is 0 Å². The van der Waals surface area contributed by atoms with Crippen LogP contribution in [0.2, 0.25) is 5.02 Å². The highest BCUT2D eigenvalue weighted by atomic mass is 35.5. The van der Waals surface area contributed by atoms with Crippen molar-refractivity contribution in [2.75, 3.05) is 13.1 Å². The van der Waals surface area contributed by atoms with Gasteiger partial charge in [0, 0.05) is 17.6 Å². The van der Waals surface area contributed by atoms with E-state index in [1.165, 1.54) is 5.56 Å². The largest absolute Gasteiger partial charge is 0.329 e. The van der Waals surface area contributed by atoms with E-state index in [4.69, 9.17) is 17.3 Å². The lowest BCUT2D eigenvalue weighted by molar-refractivity contribution is 0.559. The third-order valence-electron chi connectivity index (χ3n) is 2.17. The van der Waals surface area contributed by atoms with Crippen LogP contribution in [-0.4, -0.2) is 19.1 Å². The Labute approximate surface area is 90.4 Å². The van der Waals surface area contributed by atoms with Crippen molar-refractivity contribution in [2.24, 2.45) is 5.73 Å². The number of halogens is 1. The van der Waals surface area contributed by atoms with Crippen molar-refractivity contribution in [3.8, 4) is 0 Å². The predicted octanol–water partition coefficient (Wildman–Crippen LogP) is 1.82. The molecule has 0 amide bonds. The third kappa shape index (κ3) is 4.09. The molecule has 0 heterocycles. The zero-order valence-corrected chi connectivity index (χ0v) is 9.22. The monoisotopic (exact) mass is 212 g/mol. The lowest BCUT2D eigenvalue weighted by Crippen LogP contribution is -2.34. The Morgan fingerprint density at radius 1 is 1.36 bits per heavy atom. The van der Waals surface area contributed by atoms with Gasteiger partial charge < -0.3 is 11.1 Å². The second kappa shape index (κ2) is 6.02. The Morgan fingerprint density at radius 2 is 2.00 bits per heavy atom. The average Bonchev–Trinajstić information content (AvgIpc) is 2.21. The first-order valence-electron chi connectivity index (χ1n) is 4.90. The summed E-state index contributed by atoms with van der Waals surface area (Å²) in [6, 6.07) is 8.34. The SMILES string of the molecule is C[C@H](CN)NCCc1ccc(Cl)cc1. The van der Waals surface area contributed by atoms with E-state index in [-0.39, 0.29) is 0 Å². The third-order valence-corrected chi connectivity index (χ3v) is 2.43. The first kappa shape index (κ1) is 11.5. The van der Waals surface area contributed by atoms with Gasteiger partial charge >= 0.3 is 0 Å². The molecule has 0 saturated heterocycles. The molecule has 0 aromatic heterocycles. The number of hydrogen-bond acceptors (Lipinski definition) is 2. The fraction of sp³-hybridized carbons (Fsp3) is 0.455. The summed E-state index contributed by atoms with van der Waals surface area (Å²) in [5, 5.41) is 4.13. The molecule has 3 heteroatoms. The van der Waals surface area contributed by atoms with Crippen molar-refractivity contribution >= 4 is 11.6 Å². The summed E-state index contributed by atoms with van der Waals surface area (Å²) >= 11 is 5.79. The molecule has 0 saturated carbocycles. The first-order valence-corrected chi connectivity index (χ1v) is 5.28. The maximum absolute atomic E-state index is 5.79. The Morgan fingerprint density at radius 3 is 2.57 bits per heavy atom.